The molecule has 0 saturated carbocycles. The topological polar surface area (TPSA) is 46.5 Å². The van der Waals surface area contributed by atoms with Crippen molar-refractivity contribution >= 4 is 33.2 Å². The molecule has 1 rings (SSSR count). The molecule has 0 aliphatic rings. The van der Waals surface area contributed by atoms with Gasteiger partial charge in [0.2, 0.25) is 0 Å². The minimum absolute atomic E-state index is 0.159. The van der Waals surface area contributed by atoms with Crippen molar-refractivity contribution in [2.24, 2.45) is 0 Å². The molecule has 0 radical (unpaired) electrons. The Bertz CT molecular complexity index is 353. The van der Waals surface area contributed by atoms with Crippen molar-refractivity contribution < 1.29 is 23.4 Å². The molecule has 0 aliphatic carbocycles. The smallest absolute Gasteiger partial charge is 0.329 e. The zero-order chi connectivity index (χ0) is 11.5. The highest BCUT2D eigenvalue weighted by atomic mass is 79.9. The summed E-state index contributed by atoms with van der Waals surface area (Å²) in [7, 11) is 0. The van der Waals surface area contributed by atoms with Crippen molar-refractivity contribution in [1.82, 2.24) is 0 Å². The van der Waals surface area contributed by atoms with Crippen LogP contribution in [-0.4, -0.2) is 24.3 Å². The van der Waals surface area contributed by atoms with Crippen molar-refractivity contribution in [2.75, 3.05) is 13.2 Å². The van der Waals surface area contributed by atoms with Crippen molar-refractivity contribution in [3.63, 3.8) is 0 Å². The molecule has 0 unspecified atom stereocenters. The molecule has 3 nitrogen and oxygen atoms in total. The Balaban J connectivity index is 2.59. The van der Waals surface area contributed by atoms with Crippen LogP contribution in [0.2, 0.25) is 0 Å². The van der Waals surface area contributed by atoms with E-state index in [-0.39, 0.29) is 4.88 Å². The van der Waals surface area contributed by atoms with Crippen LogP contribution >= 0.6 is 27.3 Å². The Hall–Kier alpha value is -0.530. The third-order valence-corrected chi connectivity index (χ3v) is 3.41. The van der Waals surface area contributed by atoms with E-state index in [0.717, 1.165) is 11.3 Å². The van der Waals surface area contributed by atoms with E-state index >= 15 is 0 Å². The monoisotopic (exact) mass is 300 g/mol. The first kappa shape index (κ1) is 12.5. The lowest BCUT2D eigenvalue weighted by Gasteiger charge is -2.14. The summed E-state index contributed by atoms with van der Waals surface area (Å²) >= 11 is 3.87. The largest absolute Gasteiger partial charge is 0.480 e. The maximum Gasteiger partial charge on any atom is 0.329 e. The second-order valence-corrected chi connectivity index (χ2v) is 4.46. The van der Waals surface area contributed by atoms with Crippen LogP contribution in [0.1, 0.15) is 4.88 Å². The maximum atomic E-state index is 13.4. The van der Waals surface area contributed by atoms with Gasteiger partial charge in [-0.1, -0.05) is 0 Å². The molecule has 0 spiro atoms. The lowest BCUT2D eigenvalue weighted by atomic mass is 10.3. The Morgan fingerprint density at radius 1 is 1.67 bits per heavy atom. The van der Waals surface area contributed by atoms with Crippen molar-refractivity contribution in [3.05, 3.63) is 20.8 Å². The number of aliphatic carboxylic acids is 1. The SMILES string of the molecule is O=C(O)COCC(F)(F)c1sccc1Br. The standard InChI is InChI=1S/C8H7BrF2O3S/c9-5-1-2-15-7(5)8(10,11)4-14-3-6(12)13/h1-2H,3-4H2,(H,12,13). The van der Waals surface area contributed by atoms with E-state index in [1.807, 2.05) is 0 Å². The van der Waals surface area contributed by atoms with E-state index in [1.54, 1.807) is 0 Å². The third kappa shape index (κ3) is 3.51. The molecule has 0 atom stereocenters. The molecule has 84 valence electrons. The summed E-state index contributed by atoms with van der Waals surface area (Å²) in [6, 6.07) is 1.51. The minimum atomic E-state index is -3.16. The minimum Gasteiger partial charge on any atom is -0.480 e. The molecule has 7 heteroatoms. The van der Waals surface area contributed by atoms with Gasteiger partial charge in [-0.3, -0.25) is 0 Å². The number of thiophene rings is 1. The summed E-state index contributed by atoms with van der Waals surface area (Å²) in [6.07, 6.45) is 0. The van der Waals surface area contributed by atoms with Crippen LogP contribution in [0, 0.1) is 0 Å². The summed E-state index contributed by atoms with van der Waals surface area (Å²) < 4.78 is 31.4. The third-order valence-electron chi connectivity index (χ3n) is 1.46. The quantitative estimate of drug-likeness (QED) is 0.909. The van der Waals surface area contributed by atoms with Gasteiger partial charge in [-0.25, -0.2) is 4.79 Å². The van der Waals surface area contributed by atoms with Crippen molar-refractivity contribution in [1.29, 1.82) is 0 Å². The van der Waals surface area contributed by atoms with Gasteiger partial charge in [-0.15, -0.1) is 11.3 Å². The fourth-order valence-electron chi connectivity index (χ4n) is 0.887. The molecule has 0 aromatic carbocycles. The number of carboxylic acids is 1. The first-order chi connectivity index (χ1) is 6.93. The predicted molar refractivity (Wildman–Crippen MR) is 54.4 cm³/mol. The van der Waals surface area contributed by atoms with Crippen LogP contribution in [0.15, 0.2) is 15.9 Å². The van der Waals surface area contributed by atoms with Gasteiger partial charge in [-0.2, -0.15) is 8.78 Å². The number of hydrogen-bond donors (Lipinski definition) is 1. The van der Waals surface area contributed by atoms with Gasteiger partial charge >= 0.3 is 11.9 Å². The van der Waals surface area contributed by atoms with E-state index in [1.165, 1.54) is 11.4 Å². The molecule has 0 bridgehead atoms. The first-order valence-corrected chi connectivity index (χ1v) is 5.51. The van der Waals surface area contributed by atoms with Gasteiger partial charge in [0.25, 0.3) is 0 Å². The lowest BCUT2D eigenvalue weighted by Crippen LogP contribution is -2.22. The Labute approximate surface area is 96.8 Å². The van der Waals surface area contributed by atoms with Crippen LogP contribution in [0.25, 0.3) is 0 Å². The van der Waals surface area contributed by atoms with Gasteiger partial charge in [0.1, 0.15) is 13.2 Å². The van der Waals surface area contributed by atoms with E-state index in [0.29, 0.717) is 4.47 Å². The average Bonchev–Trinajstić information content (AvgIpc) is 2.50. The number of halogens is 3. The van der Waals surface area contributed by atoms with Crippen molar-refractivity contribution in [2.45, 2.75) is 5.92 Å². The average molecular weight is 301 g/mol. The highest BCUT2D eigenvalue weighted by Crippen LogP contribution is 2.37. The Morgan fingerprint density at radius 2 is 2.33 bits per heavy atom. The van der Waals surface area contributed by atoms with E-state index < -0.39 is 25.1 Å². The zero-order valence-corrected chi connectivity index (χ0v) is 9.78. The van der Waals surface area contributed by atoms with Gasteiger partial charge in [0.05, 0.1) is 4.88 Å². The number of hydrogen-bond acceptors (Lipinski definition) is 3. The van der Waals surface area contributed by atoms with Gasteiger partial charge < -0.3 is 9.84 Å². The zero-order valence-electron chi connectivity index (χ0n) is 7.37. The number of alkyl halides is 2. The molecule has 1 aromatic heterocycles. The molecule has 1 N–H and O–H groups in total. The van der Waals surface area contributed by atoms with Crippen LogP contribution in [0.5, 0.6) is 0 Å². The normalized spacial score (nSPS) is 11.7. The fourth-order valence-corrected chi connectivity index (χ4v) is 2.52. The fraction of sp³-hybridized carbons (Fsp3) is 0.375. The number of ether oxygens (including phenoxy) is 1. The van der Waals surface area contributed by atoms with E-state index in [4.69, 9.17) is 5.11 Å². The summed E-state index contributed by atoms with van der Waals surface area (Å²) in [5.41, 5.74) is 0. The van der Waals surface area contributed by atoms with Gasteiger partial charge in [-0.05, 0) is 27.4 Å². The summed E-state index contributed by atoms with van der Waals surface area (Å²) in [5.74, 6) is -4.43. The molecule has 0 saturated heterocycles. The van der Waals surface area contributed by atoms with Crippen LogP contribution < -0.4 is 0 Å². The van der Waals surface area contributed by atoms with E-state index in [9.17, 15) is 13.6 Å². The van der Waals surface area contributed by atoms with Gasteiger partial charge in [0, 0.05) is 4.47 Å². The Kier molecular flexibility index (Phi) is 4.18. The molecular formula is C8H7BrF2O3S. The summed E-state index contributed by atoms with van der Waals surface area (Å²) in [6.45, 7) is -1.66. The highest BCUT2D eigenvalue weighted by molar-refractivity contribution is 9.10. The molecule has 1 aromatic rings. The number of carbonyl (C=O) groups is 1. The number of carboxylic acid groups (broad SMARTS) is 1. The molecule has 0 aliphatic heterocycles. The highest BCUT2D eigenvalue weighted by Gasteiger charge is 2.35. The van der Waals surface area contributed by atoms with Gasteiger partial charge in [0.15, 0.2) is 0 Å². The molecule has 0 fully saturated rings. The second-order valence-electron chi connectivity index (χ2n) is 2.69. The lowest BCUT2D eigenvalue weighted by molar-refractivity contribution is -0.147. The Morgan fingerprint density at radius 3 is 2.80 bits per heavy atom. The van der Waals surface area contributed by atoms with Crippen LogP contribution in [0.3, 0.4) is 0 Å². The number of rotatable bonds is 5. The van der Waals surface area contributed by atoms with E-state index in [2.05, 4.69) is 20.7 Å². The van der Waals surface area contributed by atoms with Crippen molar-refractivity contribution in [3.8, 4) is 0 Å². The van der Waals surface area contributed by atoms with Crippen LogP contribution in [-0.2, 0) is 15.5 Å². The second kappa shape index (κ2) is 5.00. The molecule has 1 heterocycles. The predicted octanol–water partition coefficient (Wildman–Crippen LogP) is 2.70. The molecule has 0 amide bonds. The summed E-state index contributed by atoms with van der Waals surface area (Å²) in [4.78, 5) is 9.90. The summed E-state index contributed by atoms with van der Waals surface area (Å²) in [5, 5.41) is 9.74. The molecule has 15 heavy (non-hydrogen) atoms. The molecular weight excluding hydrogens is 294 g/mol. The van der Waals surface area contributed by atoms with Crippen LogP contribution in [0.4, 0.5) is 8.78 Å². The first-order valence-electron chi connectivity index (χ1n) is 3.84. The maximum absolute atomic E-state index is 13.4.